The number of carbonyl (C=O) groups excluding carboxylic acids is 2. The lowest BCUT2D eigenvalue weighted by atomic mass is 10.0. The lowest BCUT2D eigenvalue weighted by Crippen LogP contribution is -2.18. The summed E-state index contributed by atoms with van der Waals surface area (Å²) in [6.07, 6.45) is 0. The lowest BCUT2D eigenvalue weighted by molar-refractivity contribution is 0.0594. The number of halogens is 1. The van der Waals surface area contributed by atoms with E-state index in [0.29, 0.717) is 15.7 Å². The molecule has 0 saturated carbocycles. The molecule has 1 N–H and O–H groups in total. The second-order valence-electron chi connectivity index (χ2n) is 5.34. The highest BCUT2D eigenvalue weighted by Gasteiger charge is 2.16. The number of aromatic nitrogens is 1. The average Bonchev–Trinajstić information content (AvgIpc) is 2.66. The Balaban J connectivity index is 2.27. The van der Waals surface area contributed by atoms with E-state index in [-0.39, 0.29) is 11.6 Å². The van der Waals surface area contributed by atoms with Crippen molar-refractivity contribution in [1.29, 1.82) is 0 Å². The largest absolute Gasteiger partial charge is 0.464 e. The van der Waals surface area contributed by atoms with Crippen LogP contribution in [0.4, 0.5) is 0 Å². The summed E-state index contributed by atoms with van der Waals surface area (Å²) in [5, 5.41) is 4.37. The number of benzene rings is 2. The Bertz CT molecular complexity index is 986. The van der Waals surface area contributed by atoms with Gasteiger partial charge < -0.3 is 10.1 Å². The molecule has 0 aliphatic heterocycles. The summed E-state index contributed by atoms with van der Waals surface area (Å²) >= 11 is 3.39. The first-order chi connectivity index (χ1) is 12.0. The van der Waals surface area contributed by atoms with E-state index in [9.17, 15) is 9.59 Å². The van der Waals surface area contributed by atoms with E-state index in [1.54, 1.807) is 25.2 Å². The number of hydrogen-bond donors (Lipinski definition) is 1. The molecule has 25 heavy (non-hydrogen) atoms. The number of hydrogen-bond acceptors (Lipinski definition) is 4. The number of fused-ring (bicyclic) bond motifs is 1. The van der Waals surface area contributed by atoms with Crippen LogP contribution in [0.1, 0.15) is 20.8 Å². The van der Waals surface area contributed by atoms with Crippen molar-refractivity contribution in [3.8, 4) is 11.3 Å². The quantitative estimate of drug-likeness (QED) is 0.681. The third-order valence-corrected chi connectivity index (χ3v) is 4.54. The van der Waals surface area contributed by atoms with Gasteiger partial charge >= 0.3 is 5.97 Å². The predicted molar refractivity (Wildman–Crippen MR) is 99.6 cm³/mol. The van der Waals surface area contributed by atoms with E-state index in [1.165, 1.54) is 7.11 Å². The van der Waals surface area contributed by atoms with Crippen LogP contribution >= 0.6 is 15.9 Å². The molecule has 2 aromatic carbocycles. The fourth-order valence-corrected chi connectivity index (χ4v) is 3.04. The number of rotatable bonds is 3. The third-order valence-electron chi connectivity index (χ3n) is 3.85. The molecule has 0 bridgehead atoms. The number of nitrogens with one attached hydrogen (secondary N) is 1. The van der Waals surface area contributed by atoms with E-state index < -0.39 is 5.97 Å². The van der Waals surface area contributed by atoms with Crippen molar-refractivity contribution >= 4 is 38.6 Å². The number of ether oxygens (including phenoxy) is 1. The van der Waals surface area contributed by atoms with Crippen molar-refractivity contribution in [3.63, 3.8) is 0 Å². The second-order valence-corrected chi connectivity index (χ2v) is 6.20. The zero-order valence-corrected chi connectivity index (χ0v) is 15.3. The first kappa shape index (κ1) is 17.1. The summed E-state index contributed by atoms with van der Waals surface area (Å²) < 4.78 is 5.49. The molecule has 0 aliphatic carbocycles. The molecule has 1 aromatic heterocycles. The number of nitrogens with zero attached hydrogens (tertiary/aromatic N) is 1. The summed E-state index contributed by atoms with van der Waals surface area (Å²) in [5.74, 6) is -0.710. The number of amides is 1. The molecule has 0 aliphatic rings. The monoisotopic (exact) mass is 398 g/mol. The molecule has 0 radical (unpaired) electrons. The van der Waals surface area contributed by atoms with Gasteiger partial charge in [-0.3, -0.25) is 4.79 Å². The Labute approximate surface area is 153 Å². The maximum atomic E-state index is 12.1. The molecular formula is C19H15BrN2O3. The maximum Gasteiger partial charge on any atom is 0.356 e. The lowest BCUT2D eigenvalue weighted by Gasteiger charge is -2.11. The van der Waals surface area contributed by atoms with Crippen LogP contribution < -0.4 is 5.32 Å². The molecule has 0 unspecified atom stereocenters. The SMILES string of the molecule is CNC(=O)c1cc(-c2nc(C(=O)OC)cc3ccccc23)ccc1Br. The van der Waals surface area contributed by atoms with Gasteiger partial charge in [0.15, 0.2) is 0 Å². The van der Waals surface area contributed by atoms with Crippen molar-refractivity contribution in [2.45, 2.75) is 0 Å². The predicted octanol–water partition coefficient (Wildman–Crippen LogP) is 3.81. The minimum absolute atomic E-state index is 0.206. The minimum atomic E-state index is -0.504. The van der Waals surface area contributed by atoms with Crippen LogP contribution in [0, 0.1) is 0 Å². The van der Waals surface area contributed by atoms with Gasteiger partial charge in [-0.1, -0.05) is 30.3 Å². The Morgan fingerprint density at radius 2 is 1.88 bits per heavy atom. The molecular weight excluding hydrogens is 384 g/mol. The van der Waals surface area contributed by atoms with E-state index in [4.69, 9.17) is 4.74 Å². The van der Waals surface area contributed by atoms with E-state index >= 15 is 0 Å². The van der Waals surface area contributed by atoms with E-state index in [0.717, 1.165) is 16.3 Å². The van der Waals surface area contributed by atoms with E-state index in [2.05, 4.69) is 26.2 Å². The molecule has 0 saturated heterocycles. The topological polar surface area (TPSA) is 68.3 Å². The van der Waals surface area contributed by atoms with Crippen LogP contribution in [0.25, 0.3) is 22.0 Å². The fourth-order valence-electron chi connectivity index (χ4n) is 2.61. The normalized spacial score (nSPS) is 10.5. The van der Waals surface area contributed by atoms with Gasteiger partial charge in [-0.05, 0) is 39.5 Å². The number of carbonyl (C=O) groups is 2. The van der Waals surface area contributed by atoms with Gasteiger partial charge in [0, 0.05) is 22.5 Å². The van der Waals surface area contributed by atoms with Gasteiger partial charge in [0.25, 0.3) is 5.91 Å². The third kappa shape index (κ3) is 3.25. The molecule has 1 heterocycles. The van der Waals surface area contributed by atoms with Crippen molar-refractivity contribution < 1.29 is 14.3 Å². The van der Waals surface area contributed by atoms with Gasteiger partial charge in [-0.25, -0.2) is 9.78 Å². The molecule has 3 aromatic rings. The highest BCUT2D eigenvalue weighted by atomic mass is 79.9. The summed E-state index contributed by atoms with van der Waals surface area (Å²) in [5.41, 5.74) is 2.08. The first-order valence-corrected chi connectivity index (χ1v) is 8.34. The summed E-state index contributed by atoms with van der Waals surface area (Å²) in [6.45, 7) is 0. The highest BCUT2D eigenvalue weighted by molar-refractivity contribution is 9.10. The standard InChI is InChI=1S/C19H15BrN2O3/c1-21-18(23)14-9-12(7-8-15(14)20)17-13-6-4-3-5-11(13)10-16(22-17)19(24)25-2/h3-10H,1-2H3,(H,21,23). The molecule has 126 valence electrons. The van der Waals surface area contributed by atoms with Crippen molar-refractivity contribution in [2.75, 3.05) is 14.2 Å². The minimum Gasteiger partial charge on any atom is -0.464 e. The van der Waals surface area contributed by atoms with Crippen LogP contribution in [0.3, 0.4) is 0 Å². The molecule has 0 spiro atoms. The van der Waals surface area contributed by atoms with Crippen LogP contribution in [0.5, 0.6) is 0 Å². The second kappa shape index (κ2) is 7.03. The van der Waals surface area contributed by atoms with Crippen LogP contribution in [-0.2, 0) is 4.74 Å². The zero-order chi connectivity index (χ0) is 18.0. The average molecular weight is 399 g/mol. The fraction of sp³-hybridized carbons (Fsp3) is 0.105. The van der Waals surface area contributed by atoms with E-state index in [1.807, 2.05) is 30.3 Å². The number of esters is 1. The summed E-state index contributed by atoms with van der Waals surface area (Å²) in [7, 11) is 2.90. The first-order valence-electron chi connectivity index (χ1n) is 7.55. The smallest absolute Gasteiger partial charge is 0.356 e. The summed E-state index contributed by atoms with van der Waals surface area (Å²) in [6, 6.07) is 14.7. The summed E-state index contributed by atoms with van der Waals surface area (Å²) in [4.78, 5) is 28.5. The molecule has 5 nitrogen and oxygen atoms in total. The van der Waals surface area contributed by atoms with Crippen molar-refractivity contribution in [3.05, 3.63) is 64.3 Å². The van der Waals surface area contributed by atoms with Gasteiger partial charge in [-0.2, -0.15) is 0 Å². The van der Waals surface area contributed by atoms with Gasteiger partial charge in [0.2, 0.25) is 0 Å². The number of methoxy groups -OCH3 is 1. The maximum absolute atomic E-state index is 12.1. The molecule has 0 fully saturated rings. The molecule has 0 atom stereocenters. The highest BCUT2D eigenvalue weighted by Crippen LogP contribution is 2.30. The van der Waals surface area contributed by atoms with Gasteiger partial charge in [-0.15, -0.1) is 0 Å². The van der Waals surface area contributed by atoms with Crippen molar-refractivity contribution in [2.24, 2.45) is 0 Å². The van der Waals surface area contributed by atoms with Crippen molar-refractivity contribution in [1.82, 2.24) is 10.3 Å². The molecule has 1 amide bonds. The Morgan fingerprint density at radius 1 is 1.12 bits per heavy atom. The zero-order valence-electron chi connectivity index (χ0n) is 13.7. The molecule has 6 heteroatoms. The Morgan fingerprint density at radius 3 is 2.60 bits per heavy atom. The Hall–Kier alpha value is -2.73. The van der Waals surface area contributed by atoms with Crippen LogP contribution in [-0.4, -0.2) is 31.0 Å². The van der Waals surface area contributed by atoms with Gasteiger partial charge in [0.05, 0.1) is 18.4 Å². The Kier molecular flexibility index (Phi) is 4.81. The van der Waals surface area contributed by atoms with Crippen LogP contribution in [0.15, 0.2) is 53.0 Å². The number of pyridine rings is 1. The van der Waals surface area contributed by atoms with Crippen LogP contribution in [0.2, 0.25) is 0 Å². The van der Waals surface area contributed by atoms with Gasteiger partial charge in [0.1, 0.15) is 5.69 Å². The molecule has 3 rings (SSSR count).